The molecular weight excluding hydrogens is 312 g/mol. The Bertz CT molecular complexity index is 574. The molecular formula is C13H11BrN2OS. The molecule has 0 unspecified atom stereocenters. The molecule has 0 saturated heterocycles. The van der Waals surface area contributed by atoms with E-state index in [1.54, 1.807) is 30.1 Å². The number of hydrogen-bond acceptors (Lipinski definition) is 3. The molecule has 1 N–H and O–H groups in total. The maximum atomic E-state index is 12.0. The van der Waals surface area contributed by atoms with Crippen LogP contribution in [0, 0.1) is 0 Å². The Morgan fingerprint density at radius 2 is 2.17 bits per heavy atom. The van der Waals surface area contributed by atoms with Gasteiger partial charge in [-0.3, -0.25) is 4.79 Å². The number of nitrogens with zero attached hydrogens (tertiary/aromatic N) is 1. The number of thioether (sulfide) groups is 1. The number of halogens is 1. The van der Waals surface area contributed by atoms with Crippen LogP contribution < -0.4 is 5.32 Å². The van der Waals surface area contributed by atoms with E-state index in [2.05, 4.69) is 26.2 Å². The van der Waals surface area contributed by atoms with Crippen molar-refractivity contribution < 1.29 is 4.79 Å². The third-order valence-electron chi connectivity index (χ3n) is 2.32. The van der Waals surface area contributed by atoms with Crippen molar-refractivity contribution in [3.63, 3.8) is 0 Å². The summed E-state index contributed by atoms with van der Waals surface area (Å²) in [7, 11) is 0. The van der Waals surface area contributed by atoms with E-state index >= 15 is 0 Å². The summed E-state index contributed by atoms with van der Waals surface area (Å²) in [6.07, 6.45) is 3.60. The molecule has 1 aromatic heterocycles. The molecule has 0 aliphatic heterocycles. The van der Waals surface area contributed by atoms with Crippen molar-refractivity contribution >= 4 is 39.3 Å². The molecule has 0 aliphatic rings. The number of benzene rings is 1. The summed E-state index contributed by atoms with van der Waals surface area (Å²) in [6.45, 7) is 0. The van der Waals surface area contributed by atoms with Gasteiger partial charge in [-0.05, 0) is 52.5 Å². The Morgan fingerprint density at radius 3 is 2.89 bits per heavy atom. The lowest BCUT2D eigenvalue weighted by molar-refractivity contribution is 0.102. The second kappa shape index (κ2) is 6.02. The monoisotopic (exact) mass is 322 g/mol. The number of rotatable bonds is 3. The highest BCUT2D eigenvalue weighted by atomic mass is 79.9. The number of nitrogens with one attached hydrogen (secondary N) is 1. The van der Waals surface area contributed by atoms with Crippen LogP contribution in [0.25, 0.3) is 0 Å². The van der Waals surface area contributed by atoms with Crippen LogP contribution in [0.15, 0.2) is 52.1 Å². The van der Waals surface area contributed by atoms with Crippen LogP contribution in [0.4, 0.5) is 5.69 Å². The van der Waals surface area contributed by atoms with Crippen molar-refractivity contribution in [2.75, 3.05) is 11.6 Å². The first-order valence-corrected chi connectivity index (χ1v) is 7.28. The smallest absolute Gasteiger partial charge is 0.255 e. The molecule has 5 heteroatoms. The van der Waals surface area contributed by atoms with E-state index in [-0.39, 0.29) is 5.91 Å². The van der Waals surface area contributed by atoms with Gasteiger partial charge in [0.1, 0.15) is 4.60 Å². The highest BCUT2D eigenvalue weighted by Gasteiger charge is 2.06. The lowest BCUT2D eigenvalue weighted by Gasteiger charge is -2.06. The quantitative estimate of drug-likeness (QED) is 0.690. The normalized spacial score (nSPS) is 10.1. The average Bonchev–Trinajstić information content (AvgIpc) is 2.39. The average molecular weight is 323 g/mol. The number of carbonyl (C=O) groups excluding carboxylic acids is 1. The third kappa shape index (κ3) is 3.34. The second-order valence-electron chi connectivity index (χ2n) is 3.55. The molecule has 0 saturated carbocycles. The molecule has 1 heterocycles. The van der Waals surface area contributed by atoms with Gasteiger partial charge in [-0.1, -0.05) is 6.07 Å². The van der Waals surface area contributed by atoms with Gasteiger partial charge in [0.15, 0.2) is 0 Å². The maximum absolute atomic E-state index is 12.0. The summed E-state index contributed by atoms with van der Waals surface area (Å²) in [5.74, 6) is -0.142. The number of aromatic nitrogens is 1. The summed E-state index contributed by atoms with van der Waals surface area (Å²) in [5.41, 5.74) is 1.37. The fraction of sp³-hybridized carbons (Fsp3) is 0.0769. The van der Waals surface area contributed by atoms with E-state index in [0.29, 0.717) is 10.2 Å². The van der Waals surface area contributed by atoms with Gasteiger partial charge >= 0.3 is 0 Å². The first-order chi connectivity index (χ1) is 8.69. The van der Waals surface area contributed by atoms with Crippen LogP contribution in [0.1, 0.15) is 10.4 Å². The van der Waals surface area contributed by atoms with Crippen LogP contribution in [0.3, 0.4) is 0 Å². The molecule has 1 aromatic carbocycles. The molecule has 0 spiro atoms. The predicted octanol–water partition coefficient (Wildman–Crippen LogP) is 3.82. The topological polar surface area (TPSA) is 42.0 Å². The highest BCUT2D eigenvalue weighted by molar-refractivity contribution is 9.10. The molecule has 18 heavy (non-hydrogen) atoms. The lowest BCUT2D eigenvalue weighted by Crippen LogP contribution is -2.11. The van der Waals surface area contributed by atoms with Crippen molar-refractivity contribution in [2.24, 2.45) is 0 Å². The van der Waals surface area contributed by atoms with Gasteiger partial charge in [0, 0.05) is 22.3 Å². The second-order valence-corrected chi connectivity index (χ2v) is 5.25. The Balaban J connectivity index is 2.16. The zero-order valence-electron chi connectivity index (χ0n) is 9.68. The van der Waals surface area contributed by atoms with Crippen molar-refractivity contribution in [1.29, 1.82) is 0 Å². The fourth-order valence-electron chi connectivity index (χ4n) is 1.45. The van der Waals surface area contributed by atoms with Crippen molar-refractivity contribution in [1.82, 2.24) is 4.98 Å². The highest BCUT2D eigenvalue weighted by Crippen LogP contribution is 2.19. The van der Waals surface area contributed by atoms with E-state index in [9.17, 15) is 4.79 Å². The van der Waals surface area contributed by atoms with Gasteiger partial charge in [-0.25, -0.2) is 4.98 Å². The molecule has 2 aromatic rings. The summed E-state index contributed by atoms with van der Waals surface area (Å²) in [5, 5.41) is 2.86. The van der Waals surface area contributed by atoms with Crippen LogP contribution >= 0.6 is 27.7 Å². The van der Waals surface area contributed by atoms with Gasteiger partial charge in [0.2, 0.25) is 0 Å². The molecule has 2 rings (SSSR count). The Kier molecular flexibility index (Phi) is 4.38. The zero-order chi connectivity index (χ0) is 13.0. The van der Waals surface area contributed by atoms with Crippen molar-refractivity contribution in [3.05, 3.63) is 52.8 Å². The SMILES string of the molecule is CSc1cccc(NC(=O)c2ccnc(Br)c2)c1. The lowest BCUT2D eigenvalue weighted by atomic mass is 10.2. The molecule has 0 bridgehead atoms. The molecule has 0 fully saturated rings. The van der Waals surface area contributed by atoms with Gasteiger partial charge in [0.25, 0.3) is 5.91 Å². The van der Waals surface area contributed by atoms with Gasteiger partial charge < -0.3 is 5.32 Å². The minimum absolute atomic E-state index is 0.142. The number of amides is 1. The first-order valence-electron chi connectivity index (χ1n) is 5.26. The first kappa shape index (κ1) is 13.1. The predicted molar refractivity (Wildman–Crippen MR) is 78.1 cm³/mol. The number of pyridine rings is 1. The van der Waals surface area contributed by atoms with Gasteiger partial charge in [-0.15, -0.1) is 11.8 Å². The minimum atomic E-state index is -0.142. The van der Waals surface area contributed by atoms with Gasteiger partial charge in [-0.2, -0.15) is 0 Å². The van der Waals surface area contributed by atoms with Crippen LogP contribution in [-0.4, -0.2) is 17.1 Å². The molecule has 92 valence electrons. The van der Waals surface area contributed by atoms with Crippen LogP contribution in [0.2, 0.25) is 0 Å². The number of hydrogen-bond donors (Lipinski definition) is 1. The Hall–Kier alpha value is -1.33. The van der Waals surface area contributed by atoms with Crippen LogP contribution in [-0.2, 0) is 0 Å². The summed E-state index contributed by atoms with van der Waals surface area (Å²) in [6, 6.07) is 11.1. The van der Waals surface area contributed by atoms with Crippen molar-refractivity contribution in [3.8, 4) is 0 Å². The summed E-state index contributed by atoms with van der Waals surface area (Å²) < 4.78 is 0.646. The summed E-state index contributed by atoms with van der Waals surface area (Å²) in [4.78, 5) is 17.1. The molecule has 0 aliphatic carbocycles. The molecule has 1 amide bonds. The van der Waals surface area contributed by atoms with Crippen LogP contribution in [0.5, 0.6) is 0 Å². The van der Waals surface area contributed by atoms with E-state index in [0.717, 1.165) is 10.6 Å². The largest absolute Gasteiger partial charge is 0.322 e. The minimum Gasteiger partial charge on any atom is -0.322 e. The Morgan fingerprint density at radius 1 is 1.33 bits per heavy atom. The van der Waals surface area contributed by atoms with E-state index in [1.807, 2.05) is 30.5 Å². The number of carbonyl (C=O) groups is 1. The number of anilines is 1. The van der Waals surface area contributed by atoms with E-state index in [4.69, 9.17) is 0 Å². The summed E-state index contributed by atoms with van der Waals surface area (Å²) >= 11 is 4.88. The van der Waals surface area contributed by atoms with Crippen molar-refractivity contribution in [2.45, 2.75) is 4.90 Å². The molecule has 0 atom stereocenters. The van der Waals surface area contributed by atoms with E-state index in [1.165, 1.54) is 0 Å². The van der Waals surface area contributed by atoms with E-state index < -0.39 is 0 Å². The molecule has 0 radical (unpaired) electrons. The zero-order valence-corrected chi connectivity index (χ0v) is 12.1. The Labute approximate surface area is 118 Å². The fourth-order valence-corrected chi connectivity index (χ4v) is 2.27. The third-order valence-corrected chi connectivity index (χ3v) is 3.48. The van der Waals surface area contributed by atoms with Gasteiger partial charge in [0.05, 0.1) is 0 Å². The standard InChI is InChI=1S/C13H11BrN2OS/c1-18-11-4-2-3-10(8-11)16-13(17)9-5-6-15-12(14)7-9/h2-8H,1H3,(H,16,17). The molecule has 3 nitrogen and oxygen atoms in total. The maximum Gasteiger partial charge on any atom is 0.255 e.